The molecule has 1 fully saturated rings. The van der Waals surface area contributed by atoms with Crippen LogP contribution in [-0.4, -0.2) is 60.8 Å². The van der Waals surface area contributed by atoms with Gasteiger partial charge in [-0.1, -0.05) is 18.2 Å². The first-order valence-electron chi connectivity index (χ1n) is 8.87. The minimum atomic E-state index is -0.948. The number of hydrogen-bond acceptors (Lipinski definition) is 6. The Morgan fingerprint density at radius 1 is 1.19 bits per heavy atom. The van der Waals surface area contributed by atoms with Gasteiger partial charge in [-0.2, -0.15) is 0 Å². The minimum absolute atomic E-state index is 0.0501. The summed E-state index contributed by atoms with van der Waals surface area (Å²) in [7, 11) is 0. The minimum Gasteiger partial charge on any atom is -0.490 e. The highest BCUT2D eigenvalue weighted by molar-refractivity contribution is 5.90. The summed E-state index contributed by atoms with van der Waals surface area (Å²) >= 11 is 0. The first-order chi connectivity index (χ1) is 12.8. The van der Waals surface area contributed by atoms with Crippen molar-refractivity contribution < 1.29 is 28.6 Å². The molecule has 0 bridgehead atoms. The van der Waals surface area contributed by atoms with Gasteiger partial charge in [-0.3, -0.25) is 14.5 Å². The molecule has 1 aromatic rings. The Morgan fingerprint density at radius 2 is 1.89 bits per heavy atom. The van der Waals surface area contributed by atoms with Gasteiger partial charge >= 0.3 is 12.1 Å². The number of ether oxygens (including phenoxy) is 3. The quantitative estimate of drug-likeness (QED) is 0.599. The van der Waals surface area contributed by atoms with Gasteiger partial charge < -0.3 is 19.5 Å². The molecule has 8 heteroatoms. The average molecular weight is 378 g/mol. The lowest BCUT2D eigenvalue weighted by Gasteiger charge is -2.35. The third-order valence-corrected chi connectivity index (χ3v) is 3.68. The summed E-state index contributed by atoms with van der Waals surface area (Å²) in [4.78, 5) is 37.8. The number of hydrogen-bond donors (Lipinski definition) is 1. The van der Waals surface area contributed by atoms with Crippen LogP contribution in [0.5, 0.6) is 5.75 Å². The van der Waals surface area contributed by atoms with E-state index in [4.69, 9.17) is 14.2 Å². The van der Waals surface area contributed by atoms with Crippen molar-refractivity contribution >= 4 is 18.0 Å². The smallest absolute Gasteiger partial charge is 0.411 e. The van der Waals surface area contributed by atoms with Gasteiger partial charge in [0.15, 0.2) is 0 Å². The van der Waals surface area contributed by atoms with Crippen molar-refractivity contribution in [3.63, 3.8) is 0 Å². The van der Waals surface area contributed by atoms with E-state index in [1.807, 2.05) is 18.2 Å². The summed E-state index contributed by atoms with van der Waals surface area (Å²) in [6.07, 6.45) is -0.862. The van der Waals surface area contributed by atoms with Crippen LogP contribution in [0.4, 0.5) is 4.79 Å². The number of amides is 2. The molecule has 1 aliphatic heterocycles. The molecular formula is C19H26N2O6. The Morgan fingerprint density at radius 3 is 2.56 bits per heavy atom. The Hall–Kier alpha value is -2.77. The van der Waals surface area contributed by atoms with Gasteiger partial charge in [0, 0.05) is 13.1 Å². The second-order valence-corrected chi connectivity index (χ2v) is 7.07. The Balaban J connectivity index is 1.83. The molecule has 1 atom stereocenters. The van der Waals surface area contributed by atoms with E-state index >= 15 is 0 Å². The van der Waals surface area contributed by atoms with Gasteiger partial charge in [0.05, 0.1) is 6.42 Å². The van der Waals surface area contributed by atoms with Crippen molar-refractivity contribution in [3.05, 3.63) is 30.3 Å². The first-order valence-corrected chi connectivity index (χ1v) is 8.87. The molecule has 0 aliphatic carbocycles. The van der Waals surface area contributed by atoms with Gasteiger partial charge in [-0.05, 0) is 32.9 Å². The third kappa shape index (κ3) is 6.80. The van der Waals surface area contributed by atoms with Crippen LogP contribution < -0.4 is 10.1 Å². The zero-order chi connectivity index (χ0) is 19.9. The second kappa shape index (κ2) is 9.25. The Labute approximate surface area is 158 Å². The molecule has 148 valence electrons. The number of rotatable bonds is 6. The van der Waals surface area contributed by atoms with Crippen molar-refractivity contribution in [1.82, 2.24) is 10.2 Å². The van der Waals surface area contributed by atoms with E-state index in [2.05, 4.69) is 5.32 Å². The Kier molecular flexibility index (Phi) is 7.04. The number of esters is 1. The first kappa shape index (κ1) is 20.5. The normalized spacial score (nSPS) is 17.1. The van der Waals surface area contributed by atoms with Gasteiger partial charge in [0.25, 0.3) is 0 Å². The van der Waals surface area contributed by atoms with Gasteiger partial charge in [-0.25, -0.2) is 4.79 Å². The van der Waals surface area contributed by atoms with Crippen LogP contribution >= 0.6 is 0 Å². The maximum Gasteiger partial charge on any atom is 0.411 e. The van der Waals surface area contributed by atoms with Crippen LogP contribution in [0.15, 0.2) is 30.3 Å². The second-order valence-electron chi connectivity index (χ2n) is 7.07. The molecule has 0 radical (unpaired) electrons. The van der Waals surface area contributed by atoms with Crippen molar-refractivity contribution in [3.8, 4) is 5.75 Å². The highest BCUT2D eigenvalue weighted by Crippen LogP contribution is 2.16. The summed E-state index contributed by atoms with van der Waals surface area (Å²) in [5.41, 5.74) is -0.690. The van der Waals surface area contributed by atoms with Crippen LogP contribution in [0.25, 0.3) is 0 Å². The molecule has 0 spiro atoms. The highest BCUT2D eigenvalue weighted by atomic mass is 16.6. The van der Waals surface area contributed by atoms with Gasteiger partial charge in [0.1, 0.15) is 30.6 Å². The molecule has 1 unspecified atom stereocenters. The van der Waals surface area contributed by atoms with E-state index in [0.29, 0.717) is 12.3 Å². The van der Waals surface area contributed by atoms with E-state index in [9.17, 15) is 14.4 Å². The SMILES string of the molecule is CC(C)(C)OC(=O)N1CCNC(=O)C1CC(=O)OCCOc1ccccc1. The van der Waals surface area contributed by atoms with Crippen LogP contribution in [0.2, 0.25) is 0 Å². The molecule has 0 aromatic heterocycles. The van der Waals surface area contributed by atoms with E-state index < -0.39 is 29.6 Å². The maximum atomic E-state index is 12.3. The molecule has 27 heavy (non-hydrogen) atoms. The Bertz CT molecular complexity index is 656. The molecule has 0 saturated carbocycles. The van der Waals surface area contributed by atoms with Crippen LogP contribution in [0.1, 0.15) is 27.2 Å². The summed E-state index contributed by atoms with van der Waals surface area (Å²) in [6.45, 7) is 6.06. The van der Waals surface area contributed by atoms with Crippen molar-refractivity contribution in [2.24, 2.45) is 0 Å². The van der Waals surface area contributed by atoms with E-state index in [1.165, 1.54) is 4.90 Å². The summed E-state index contributed by atoms with van der Waals surface area (Å²) in [5, 5.41) is 2.65. The molecule has 1 heterocycles. The molecule has 1 N–H and O–H groups in total. The number of para-hydroxylation sites is 1. The van der Waals surface area contributed by atoms with E-state index in [-0.39, 0.29) is 26.2 Å². The molecule has 8 nitrogen and oxygen atoms in total. The van der Waals surface area contributed by atoms with Crippen LogP contribution in [0, 0.1) is 0 Å². The molecule has 1 saturated heterocycles. The number of piperazine rings is 1. The topological polar surface area (TPSA) is 94.2 Å². The lowest BCUT2D eigenvalue weighted by atomic mass is 10.1. The van der Waals surface area contributed by atoms with Crippen LogP contribution in [-0.2, 0) is 19.1 Å². The molecule has 1 aromatic carbocycles. The van der Waals surface area contributed by atoms with Crippen molar-refractivity contribution in [1.29, 1.82) is 0 Å². The third-order valence-electron chi connectivity index (χ3n) is 3.68. The monoisotopic (exact) mass is 378 g/mol. The summed E-state index contributed by atoms with van der Waals surface area (Å²) in [6, 6.07) is 8.21. The standard InChI is InChI=1S/C19H26N2O6/c1-19(2,3)27-18(24)21-10-9-20-17(23)15(21)13-16(22)26-12-11-25-14-7-5-4-6-8-14/h4-8,15H,9-13H2,1-3H3,(H,20,23). The summed E-state index contributed by atoms with van der Waals surface area (Å²) in [5.74, 6) is -0.303. The number of benzene rings is 1. The largest absolute Gasteiger partial charge is 0.490 e. The van der Waals surface area contributed by atoms with Gasteiger partial charge in [-0.15, -0.1) is 0 Å². The van der Waals surface area contributed by atoms with E-state index in [0.717, 1.165) is 0 Å². The predicted octanol–water partition coefficient (Wildman–Crippen LogP) is 1.73. The zero-order valence-electron chi connectivity index (χ0n) is 15.9. The lowest BCUT2D eigenvalue weighted by molar-refractivity contribution is -0.148. The number of nitrogens with zero attached hydrogens (tertiary/aromatic N) is 1. The van der Waals surface area contributed by atoms with Crippen LogP contribution in [0.3, 0.4) is 0 Å². The van der Waals surface area contributed by atoms with Crippen molar-refractivity contribution in [2.45, 2.75) is 38.8 Å². The number of carbonyl (C=O) groups excluding carboxylic acids is 3. The molecular weight excluding hydrogens is 352 g/mol. The number of nitrogens with one attached hydrogen (secondary N) is 1. The fourth-order valence-corrected chi connectivity index (χ4v) is 2.51. The zero-order valence-corrected chi connectivity index (χ0v) is 15.9. The summed E-state index contributed by atoms with van der Waals surface area (Å²) < 4.78 is 15.9. The lowest BCUT2D eigenvalue weighted by Crippen LogP contribution is -2.58. The fraction of sp³-hybridized carbons (Fsp3) is 0.526. The molecule has 2 rings (SSSR count). The highest BCUT2D eigenvalue weighted by Gasteiger charge is 2.37. The number of carbonyl (C=O) groups is 3. The molecule has 2 amide bonds. The van der Waals surface area contributed by atoms with Crippen molar-refractivity contribution in [2.75, 3.05) is 26.3 Å². The van der Waals surface area contributed by atoms with E-state index in [1.54, 1.807) is 32.9 Å². The maximum absolute atomic E-state index is 12.3. The van der Waals surface area contributed by atoms with Gasteiger partial charge in [0.2, 0.25) is 5.91 Å². The predicted molar refractivity (Wildman–Crippen MR) is 97.3 cm³/mol. The average Bonchev–Trinajstić information content (AvgIpc) is 2.60. The molecule has 1 aliphatic rings. The fourth-order valence-electron chi connectivity index (χ4n) is 2.51.